The van der Waals surface area contributed by atoms with Crippen molar-refractivity contribution in [3.63, 3.8) is 0 Å². The van der Waals surface area contributed by atoms with E-state index in [1.165, 1.54) is 6.07 Å². The van der Waals surface area contributed by atoms with Gasteiger partial charge in [-0.15, -0.1) is 0 Å². The molecule has 3 nitrogen and oxygen atoms in total. The van der Waals surface area contributed by atoms with Crippen LogP contribution in [-0.4, -0.2) is 25.4 Å². The van der Waals surface area contributed by atoms with Crippen LogP contribution in [0.25, 0.3) is 0 Å². The van der Waals surface area contributed by atoms with E-state index in [1.54, 1.807) is 6.07 Å². The molecular weight excluding hydrogens is 281 g/mol. The van der Waals surface area contributed by atoms with E-state index in [2.05, 4.69) is 0 Å². The van der Waals surface area contributed by atoms with Crippen molar-refractivity contribution in [1.82, 2.24) is 0 Å². The second-order valence-corrected chi connectivity index (χ2v) is 6.13. The summed E-state index contributed by atoms with van der Waals surface area (Å²) in [6.45, 7) is 2.05. The zero-order chi connectivity index (χ0) is 14.2. The van der Waals surface area contributed by atoms with E-state index in [0.29, 0.717) is 18.8 Å². The fourth-order valence-corrected chi connectivity index (χ4v) is 3.52. The third-order valence-electron chi connectivity index (χ3n) is 4.45. The second kappa shape index (κ2) is 5.60. The van der Waals surface area contributed by atoms with Crippen LogP contribution in [-0.2, 0) is 9.47 Å². The van der Waals surface area contributed by atoms with Crippen molar-refractivity contribution in [2.24, 2.45) is 11.7 Å². The van der Waals surface area contributed by atoms with Crippen LogP contribution in [0.5, 0.6) is 0 Å². The molecule has 1 spiro atoms. The number of hydrogen-bond donors (Lipinski definition) is 1. The number of halogens is 2. The highest BCUT2D eigenvalue weighted by Crippen LogP contribution is 2.41. The third-order valence-corrected chi connectivity index (χ3v) is 4.85. The van der Waals surface area contributed by atoms with Gasteiger partial charge in [-0.1, -0.05) is 23.7 Å². The van der Waals surface area contributed by atoms with E-state index in [-0.39, 0.29) is 22.6 Å². The lowest BCUT2D eigenvalue weighted by Gasteiger charge is -2.39. The van der Waals surface area contributed by atoms with Gasteiger partial charge in [-0.2, -0.15) is 0 Å². The summed E-state index contributed by atoms with van der Waals surface area (Å²) in [5.41, 5.74) is 6.84. The van der Waals surface area contributed by atoms with E-state index in [1.807, 2.05) is 6.07 Å². The number of benzene rings is 1. The number of nitrogens with two attached hydrogens (primary N) is 1. The zero-order valence-corrected chi connectivity index (χ0v) is 12.0. The van der Waals surface area contributed by atoms with Gasteiger partial charge < -0.3 is 15.2 Å². The van der Waals surface area contributed by atoms with E-state index < -0.39 is 5.82 Å². The van der Waals surface area contributed by atoms with Crippen molar-refractivity contribution in [1.29, 1.82) is 0 Å². The second-order valence-electron chi connectivity index (χ2n) is 5.76. The number of ether oxygens (including phenoxy) is 2. The molecule has 0 bridgehead atoms. The largest absolute Gasteiger partial charge is 0.378 e. The Morgan fingerprint density at radius 1 is 1.40 bits per heavy atom. The molecule has 2 fully saturated rings. The Labute approximate surface area is 123 Å². The zero-order valence-electron chi connectivity index (χ0n) is 11.3. The van der Waals surface area contributed by atoms with Crippen molar-refractivity contribution >= 4 is 11.6 Å². The first-order chi connectivity index (χ1) is 9.61. The van der Waals surface area contributed by atoms with Gasteiger partial charge in [-0.25, -0.2) is 4.39 Å². The summed E-state index contributed by atoms with van der Waals surface area (Å²) in [6.07, 6.45) is 2.63. The monoisotopic (exact) mass is 299 g/mol. The Morgan fingerprint density at radius 3 is 3.00 bits per heavy atom. The SMILES string of the molecule is NC(c1cccc(F)c1Cl)C1CCOC2(CCOC2)C1. The molecule has 0 radical (unpaired) electrons. The van der Waals surface area contributed by atoms with E-state index >= 15 is 0 Å². The molecule has 1 aromatic carbocycles. The van der Waals surface area contributed by atoms with Gasteiger partial charge in [-0.05, 0) is 30.4 Å². The van der Waals surface area contributed by atoms with Crippen molar-refractivity contribution in [3.8, 4) is 0 Å². The molecular formula is C15H19ClFNO2. The average molecular weight is 300 g/mol. The lowest BCUT2D eigenvalue weighted by Crippen LogP contribution is -2.43. The van der Waals surface area contributed by atoms with Crippen molar-refractivity contribution in [2.75, 3.05) is 19.8 Å². The number of hydrogen-bond acceptors (Lipinski definition) is 3. The predicted octanol–water partition coefficient (Wildman–Crippen LogP) is 3.06. The minimum atomic E-state index is -0.411. The van der Waals surface area contributed by atoms with E-state index in [4.69, 9.17) is 26.8 Å². The molecule has 2 aliphatic rings. The highest BCUT2D eigenvalue weighted by molar-refractivity contribution is 6.31. The first-order valence-electron chi connectivity index (χ1n) is 7.02. The van der Waals surface area contributed by atoms with Crippen molar-refractivity contribution in [2.45, 2.75) is 30.9 Å². The fourth-order valence-electron chi connectivity index (χ4n) is 3.27. The molecule has 0 saturated carbocycles. The Kier molecular flexibility index (Phi) is 4.00. The third kappa shape index (κ3) is 2.58. The van der Waals surface area contributed by atoms with Gasteiger partial charge in [0.15, 0.2) is 0 Å². The first kappa shape index (κ1) is 14.3. The maximum Gasteiger partial charge on any atom is 0.142 e. The fraction of sp³-hybridized carbons (Fsp3) is 0.600. The topological polar surface area (TPSA) is 44.5 Å². The van der Waals surface area contributed by atoms with Crippen molar-refractivity contribution in [3.05, 3.63) is 34.6 Å². The normalized spacial score (nSPS) is 31.6. The van der Waals surface area contributed by atoms with Gasteiger partial charge in [0, 0.05) is 25.7 Å². The molecule has 2 N–H and O–H groups in total. The van der Waals surface area contributed by atoms with Crippen LogP contribution in [0, 0.1) is 11.7 Å². The molecule has 3 atom stereocenters. The number of rotatable bonds is 2. The van der Waals surface area contributed by atoms with Crippen LogP contribution in [0.15, 0.2) is 18.2 Å². The summed E-state index contributed by atoms with van der Waals surface area (Å²) in [5, 5.41) is 0.142. The molecule has 0 aliphatic carbocycles. The molecule has 2 saturated heterocycles. The van der Waals surface area contributed by atoms with E-state index in [0.717, 1.165) is 25.9 Å². The van der Waals surface area contributed by atoms with Gasteiger partial charge in [0.05, 0.1) is 17.2 Å². The van der Waals surface area contributed by atoms with Crippen LogP contribution in [0.2, 0.25) is 5.02 Å². The van der Waals surface area contributed by atoms with E-state index in [9.17, 15) is 4.39 Å². The minimum Gasteiger partial charge on any atom is -0.378 e. The molecule has 5 heteroatoms. The van der Waals surface area contributed by atoms with Crippen LogP contribution in [0.1, 0.15) is 30.9 Å². The Balaban J connectivity index is 1.79. The molecule has 3 unspecified atom stereocenters. The van der Waals surface area contributed by atoms with Crippen LogP contribution < -0.4 is 5.73 Å². The summed E-state index contributed by atoms with van der Waals surface area (Å²) in [7, 11) is 0. The minimum absolute atomic E-state index is 0.142. The predicted molar refractivity (Wildman–Crippen MR) is 75.2 cm³/mol. The highest BCUT2D eigenvalue weighted by atomic mass is 35.5. The Hall–Kier alpha value is -0.680. The van der Waals surface area contributed by atoms with Crippen LogP contribution in [0.4, 0.5) is 4.39 Å². The van der Waals surface area contributed by atoms with Gasteiger partial charge in [0.25, 0.3) is 0 Å². The van der Waals surface area contributed by atoms with Gasteiger partial charge >= 0.3 is 0 Å². The standard InChI is InChI=1S/C15H19ClFNO2/c16-13-11(2-1-3-12(13)17)14(18)10-4-6-20-15(8-10)5-7-19-9-15/h1-3,10,14H,4-9,18H2. The smallest absolute Gasteiger partial charge is 0.142 e. The summed E-state index contributed by atoms with van der Waals surface area (Å²) in [6, 6.07) is 4.56. The van der Waals surface area contributed by atoms with Gasteiger partial charge in [0.2, 0.25) is 0 Å². The summed E-state index contributed by atoms with van der Waals surface area (Å²) >= 11 is 6.05. The lowest BCUT2D eigenvalue weighted by atomic mass is 9.79. The molecule has 2 aliphatic heterocycles. The maximum absolute atomic E-state index is 13.6. The van der Waals surface area contributed by atoms with Crippen LogP contribution >= 0.6 is 11.6 Å². The molecule has 2 heterocycles. The van der Waals surface area contributed by atoms with Gasteiger partial charge in [-0.3, -0.25) is 0 Å². The highest BCUT2D eigenvalue weighted by Gasteiger charge is 2.42. The summed E-state index contributed by atoms with van der Waals surface area (Å²) in [4.78, 5) is 0. The molecule has 1 aromatic rings. The molecule has 20 heavy (non-hydrogen) atoms. The van der Waals surface area contributed by atoms with Crippen LogP contribution in [0.3, 0.4) is 0 Å². The first-order valence-corrected chi connectivity index (χ1v) is 7.40. The molecule has 3 rings (SSSR count). The Morgan fingerprint density at radius 2 is 2.25 bits per heavy atom. The average Bonchev–Trinajstić information content (AvgIpc) is 2.89. The molecule has 0 aromatic heterocycles. The van der Waals surface area contributed by atoms with Crippen molar-refractivity contribution < 1.29 is 13.9 Å². The summed E-state index contributed by atoms with van der Waals surface area (Å²) < 4.78 is 24.9. The quantitative estimate of drug-likeness (QED) is 0.913. The Bertz CT molecular complexity index is 491. The summed E-state index contributed by atoms with van der Waals surface area (Å²) in [5.74, 6) is -0.171. The van der Waals surface area contributed by atoms with Gasteiger partial charge in [0.1, 0.15) is 5.82 Å². The maximum atomic E-state index is 13.6. The molecule has 0 amide bonds. The lowest BCUT2D eigenvalue weighted by molar-refractivity contribution is -0.101. The molecule has 110 valence electrons.